The molecule has 2 atom stereocenters. The van der Waals surface area contributed by atoms with Crippen molar-refractivity contribution >= 4 is 23.7 Å². The van der Waals surface area contributed by atoms with Crippen molar-refractivity contribution in [2.24, 2.45) is 4.99 Å². The highest BCUT2D eigenvalue weighted by Crippen LogP contribution is 2.33. The molecule has 8 heteroatoms. The monoisotopic (exact) mass is 362 g/mol. The third-order valence-corrected chi connectivity index (χ3v) is 5.45. The Morgan fingerprint density at radius 3 is 2.58 bits per heavy atom. The zero-order valence-electron chi connectivity index (χ0n) is 16.4. The van der Waals surface area contributed by atoms with Gasteiger partial charge < -0.3 is 4.74 Å². The van der Waals surface area contributed by atoms with Crippen LogP contribution in [0.4, 0.5) is 10.7 Å². The fraction of sp³-hybridized carbons (Fsp3) is 0.667. The van der Waals surface area contributed by atoms with Gasteiger partial charge in [-0.15, -0.1) is 0 Å². The van der Waals surface area contributed by atoms with E-state index in [1.165, 1.54) is 9.80 Å². The van der Waals surface area contributed by atoms with E-state index < -0.39 is 6.04 Å². The van der Waals surface area contributed by atoms with Gasteiger partial charge in [-0.1, -0.05) is 11.9 Å². The highest BCUT2D eigenvalue weighted by Gasteiger charge is 2.54. The summed E-state index contributed by atoms with van der Waals surface area (Å²) in [6.45, 7) is 11.4. The molecule has 8 nitrogen and oxygen atoms in total. The molecular weight excluding hydrogens is 334 g/mol. The molecule has 1 aromatic rings. The molecule has 142 valence electrons. The minimum atomic E-state index is -0.585. The third-order valence-electron chi connectivity index (χ3n) is 5.45. The molecule has 2 aliphatic heterocycles. The van der Waals surface area contributed by atoms with Gasteiger partial charge in [0.2, 0.25) is 11.9 Å². The van der Waals surface area contributed by atoms with E-state index in [0.29, 0.717) is 19.0 Å². The molecule has 1 aromatic heterocycles. The summed E-state index contributed by atoms with van der Waals surface area (Å²) in [6, 6.07) is -0.669. The first-order valence-corrected chi connectivity index (χ1v) is 9.23. The second kappa shape index (κ2) is 6.83. The molecule has 3 rings (SSSR count). The van der Waals surface area contributed by atoms with E-state index in [2.05, 4.69) is 25.3 Å². The maximum Gasteiger partial charge on any atom is 0.402 e. The Bertz CT molecular complexity index is 782. The lowest BCUT2D eigenvalue weighted by molar-refractivity contribution is -0.683. The van der Waals surface area contributed by atoms with Crippen LogP contribution in [0, 0.1) is 13.8 Å². The predicted octanol–water partition coefficient (Wildman–Crippen LogP) is 1.88. The van der Waals surface area contributed by atoms with Gasteiger partial charge in [-0.3, -0.25) is 14.6 Å². The molecule has 3 heterocycles. The number of carbonyl (C=O) groups is 2. The number of rotatable bonds is 6. The molecular formula is C18H28N5O3+. The average molecular weight is 362 g/mol. The van der Waals surface area contributed by atoms with Crippen molar-refractivity contribution in [3.8, 4) is 0 Å². The zero-order chi connectivity index (χ0) is 19.2. The van der Waals surface area contributed by atoms with Crippen molar-refractivity contribution in [2.45, 2.75) is 53.1 Å². The minimum Gasteiger partial charge on any atom is -0.380 e. The van der Waals surface area contributed by atoms with Crippen molar-refractivity contribution in [3.05, 3.63) is 11.4 Å². The molecule has 1 saturated heterocycles. The van der Waals surface area contributed by atoms with E-state index in [9.17, 15) is 9.59 Å². The topological polar surface area (TPSA) is 71.0 Å². The summed E-state index contributed by atoms with van der Waals surface area (Å²) in [5.74, 6) is 1.01. The number of imide groups is 1. The number of hydrogen-bond acceptors (Lipinski definition) is 4. The first-order chi connectivity index (χ1) is 12.3. The second-order valence-corrected chi connectivity index (χ2v) is 6.87. The van der Waals surface area contributed by atoms with Crippen LogP contribution >= 0.6 is 0 Å². The predicted molar refractivity (Wildman–Crippen MR) is 96.6 cm³/mol. The van der Waals surface area contributed by atoms with E-state index in [0.717, 1.165) is 23.8 Å². The number of aliphatic imine (C=N–C) groups is 1. The van der Waals surface area contributed by atoms with Gasteiger partial charge in [0.15, 0.2) is 0 Å². The van der Waals surface area contributed by atoms with Crippen LogP contribution in [-0.2, 0) is 9.53 Å². The van der Waals surface area contributed by atoms with Gasteiger partial charge in [0.25, 0.3) is 5.91 Å². The summed E-state index contributed by atoms with van der Waals surface area (Å²) >= 11 is 0. The molecule has 0 saturated carbocycles. The van der Waals surface area contributed by atoms with Gasteiger partial charge >= 0.3 is 12.0 Å². The fourth-order valence-electron chi connectivity index (χ4n) is 3.68. The number of hydrogen-bond donors (Lipinski definition) is 0. The van der Waals surface area contributed by atoms with Crippen molar-refractivity contribution in [1.82, 2.24) is 14.4 Å². The molecule has 2 aliphatic rings. The number of likely N-dealkylation sites (N-methyl/N-ethyl adjacent to an activating group) is 1. The molecule has 0 N–H and O–H groups in total. The highest BCUT2D eigenvalue weighted by molar-refractivity contribution is 6.19. The molecule has 2 unspecified atom stereocenters. The maximum atomic E-state index is 13.1. The smallest absolute Gasteiger partial charge is 0.380 e. The lowest BCUT2D eigenvalue weighted by Gasteiger charge is -2.33. The highest BCUT2D eigenvalue weighted by atomic mass is 16.5. The Morgan fingerprint density at radius 2 is 1.96 bits per heavy atom. The van der Waals surface area contributed by atoms with E-state index in [1.54, 1.807) is 7.05 Å². The Balaban J connectivity index is 2.05. The van der Waals surface area contributed by atoms with Gasteiger partial charge in [-0.25, -0.2) is 13.9 Å². The summed E-state index contributed by atoms with van der Waals surface area (Å²) < 4.78 is 9.47. The number of amidine groups is 1. The van der Waals surface area contributed by atoms with E-state index >= 15 is 0 Å². The van der Waals surface area contributed by atoms with Crippen LogP contribution in [0.5, 0.6) is 0 Å². The van der Waals surface area contributed by atoms with Crippen molar-refractivity contribution in [3.63, 3.8) is 0 Å². The largest absolute Gasteiger partial charge is 0.402 e. The van der Waals surface area contributed by atoms with Crippen molar-refractivity contribution < 1.29 is 18.9 Å². The standard InChI is InChI=1S/C18H28N5O3/c1-7-11(3)22-12(4)13(5)23-14-15(19-17(22)23)20(6)18(25)21(16(14)24)9-10-26-8-2/h11,14H,7-10H2,1-6H3/q+1. The maximum absolute atomic E-state index is 13.1. The van der Waals surface area contributed by atoms with Gasteiger partial charge in [0, 0.05) is 13.7 Å². The minimum absolute atomic E-state index is 0.236. The van der Waals surface area contributed by atoms with Crippen LogP contribution in [0.1, 0.15) is 50.7 Å². The van der Waals surface area contributed by atoms with E-state index in [-0.39, 0.29) is 24.5 Å². The van der Waals surface area contributed by atoms with Gasteiger partial charge in [-0.2, -0.15) is 0 Å². The van der Waals surface area contributed by atoms with Gasteiger partial charge in [0.05, 0.1) is 19.2 Å². The summed E-state index contributed by atoms with van der Waals surface area (Å²) in [4.78, 5) is 33.3. The molecule has 0 aromatic carbocycles. The van der Waals surface area contributed by atoms with E-state index in [4.69, 9.17) is 9.73 Å². The van der Waals surface area contributed by atoms with Crippen LogP contribution in [0.15, 0.2) is 4.99 Å². The molecule has 1 fully saturated rings. The summed E-state index contributed by atoms with van der Waals surface area (Å²) in [5.41, 5.74) is 2.11. The van der Waals surface area contributed by atoms with Crippen molar-refractivity contribution in [2.75, 3.05) is 26.8 Å². The van der Waals surface area contributed by atoms with Gasteiger partial charge in [-0.05, 0) is 34.1 Å². The first-order valence-electron chi connectivity index (χ1n) is 9.23. The second-order valence-electron chi connectivity index (χ2n) is 6.87. The lowest BCUT2D eigenvalue weighted by atomic mass is 10.1. The fourth-order valence-corrected chi connectivity index (χ4v) is 3.68. The normalized spacial score (nSPS) is 20.4. The Hall–Kier alpha value is -2.22. The number of imidazole rings is 1. The van der Waals surface area contributed by atoms with E-state index in [1.807, 2.05) is 18.4 Å². The SMILES string of the molecule is CCOCCN1C(=O)C2C(=Nc3n(C(C)CC)c(C)c(C)[n+]32)N(C)C1=O. The number of amides is 3. The summed E-state index contributed by atoms with van der Waals surface area (Å²) in [5, 5.41) is 0. The molecule has 26 heavy (non-hydrogen) atoms. The number of ether oxygens (including phenoxy) is 1. The molecule has 0 spiro atoms. The quantitative estimate of drug-likeness (QED) is 0.573. The van der Waals surface area contributed by atoms with Crippen LogP contribution in [0.2, 0.25) is 0 Å². The number of urea groups is 1. The number of carbonyl (C=O) groups excluding carboxylic acids is 2. The van der Waals surface area contributed by atoms with Crippen molar-refractivity contribution in [1.29, 1.82) is 0 Å². The zero-order valence-corrected chi connectivity index (χ0v) is 16.4. The third kappa shape index (κ3) is 2.55. The molecule has 3 amide bonds. The molecule has 0 radical (unpaired) electrons. The summed E-state index contributed by atoms with van der Waals surface area (Å²) in [7, 11) is 1.68. The Kier molecular flexibility index (Phi) is 4.88. The van der Waals surface area contributed by atoms with Gasteiger partial charge in [0.1, 0.15) is 11.4 Å². The number of fused-ring (bicyclic) bond motifs is 3. The van der Waals surface area contributed by atoms with Crippen LogP contribution < -0.4 is 4.57 Å². The van der Waals surface area contributed by atoms with Crippen LogP contribution in [0.3, 0.4) is 0 Å². The Labute approximate surface area is 154 Å². The summed E-state index contributed by atoms with van der Waals surface area (Å²) in [6.07, 6.45) is 0.959. The molecule has 0 bridgehead atoms. The number of aromatic nitrogens is 2. The number of nitrogens with zero attached hydrogens (tertiary/aromatic N) is 5. The average Bonchev–Trinajstić information content (AvgIpc) is 3.12. The van der Waals surface area contributed by atoms with Crippen LogP contribution in [-0.4, -0.2) is 58.9 Å². The van der Waals surface area contributed by atoms with Crippen LogP contribution in [0.25, 0.3) is 0 Å². The lowest BCUT2D eigenvalue weighted by Crippen LogP contribution is -2.63. The Morgan fingerprint density at radius 1 is 1.27 bits per heavy atom. The first kappa shape index (κ1) is 18.6. The molecule has 0 aliphatic carbocycles.